The van der Waals surface area contributed by atoms with Crippen molar-refractivity contribution < 1.29 is 8.78 Å². The molecule has 0 radical (unpaired) electrons. The molecule has 1 aromatic carbocycles. The molecule has 1 aromatic heterocycles. The molecular weight excluding hydrogens is 210 g/mol. The van der Waals surface area contributed by atoms with Crippen LogP contribution in [0.25, 0.3) is 10.8 Å². The third-order valence-corrected chi connectivity index (χ3v) is 2.39. The van der Waals surface area contributed by atoms with Gasteiger partial charge in [-0.05, 0) is 17.0 Å². The van der Waals surface area contributed by atoms with E-state index in [-0.39, 0.29) is 6.54 Å². The topological polar surface area (TPSA) is 24.9 Å². The van der Waals surface area contributed by atoms with Gasteiger partial charge in [-0.15, -0.1) is 0 Å². The second-order valence-electron chi connectivity index (χ2n) is 3.54. The van der Waals surface area contributed by atoms with Crippen molar-refractivity contribution in [2.24, 2.45) is 0 Å². The lowest BCUT2D eigenvalue weighted by Crippen LogP contribution is -2.20. The molecule has 0 aliphatic heterocycles. The Labute approximate surface area is 92.3 Å². The van der Waals surface area contributed by atoms with Crippen molar-refractivity contribution in [1.82, 2.24) is 10.3 Å². The fourth-order valence-corrected chi connectivity index (χ4v) is 1.66. The highest BCUT2D eigenvalue weighted by Crippen LogP contribution is 2.17. The molecule has 84 valence electrons. The van der Waals surface area contributed by atoms with Gasteiger partial charge in [0.15, 0.2) is 0 Å². The molecule has 1 heterocycles. The minimum absolute atomic E-state index is 0.276. The lowest BCUT2D eigenvalue weighted by Gasteiger charge is -2.07. The van der Waals surface area contributed by atoms with Gasteiger partial charge in [0.25, 0.3) is 6.43 Å². The largest absolute Gasteiger partial charge is 0.307 e. The Kier molecular flexibility index (Phi) is 3.41. The van der Waals surface area contributed by atoms with E-state index in [0.29, 0.717) is 6.54 Å². The monoisotopic (exact) mass is 222 g/mol. The number of rotatable bonds is 4. The fraction of sp³-hybridized carbons (Fsp3) is 0.250. The Balaban J connectivity index is 2.17. The van der Waals surface area contributed by atoms with Crippen molar-refractivity contribution in [3.05, 3.63) is 42.2 Å². The molecule has 1 N–H and O–H groups in total. The third kappa shape index (κ3) is 2.52. The smallest absolute Gasteiger partial charge is 0.250 e. The van der Waals surface area contributed by atoms with Crippen molar-refractivity contribution in [1.29, 1.82) is 0 Å². The summed E-state index contributed by atoms with van der Waals surface area (Å²) in [6.07, 6.45) is 1.17. The second kappa shape index (κ2) is 4.99. The van der Waals surface area contributed by atoms with Crippen LogP contribution in [0.5, 0.6) is 0 Å². The van der Waals surface area contributed by atoms with Crippen molar-refractivity contribution in [3.8, 4) is 0 Å². The van der Waals surface area contributed by atoms with E-state index in [9.17, 15) is 8.78 Å². The summed E-state index contributed by atoms with van der Waals surface area (Å²) in [5, 5.41) is 4.80. The number of nitrogens with one attached hydrogen (secondary N) is 1. The first-order chi connectivity index (χ1) is 7.77. The molecule has 0 saturated heterocycles. The molecule has 0 spiro atoms. The van der Waals surface area contributed by atoms with Gasteiger partial charge in [-0.2, -0.15) is 0 Å². The van der Waals surface area contributed by atoms with E-state index in [4.69, 9.17) is 0 Å². The lowest BCUT2D eigenvalue weighted by molar-refractivity contribution is 0.145. The normalized spacial score (nSPS) is 11.2. The van der Waals surface area contributed by atoms with Crippen LogP contribution in [0, 0.1) is 0 Å². The Bertz CT molecular complexity index is 466. The second-order valence-corrected chi connectivity index (χ2v) is 3.54. The summed E-state index contributed by atoms with van der Waals surface area (Å²) in [4.78, 5) is 4.02. The number of hydrogen-bond acceptors (Lipinski definition) is 2. The zero-order valence-corrected chi connectivity index (χ0v) is 8.66. The molecule has 0 unspecified atom stereocenters. The summed E-state index contributed by atoms with van der Waals surface area (Å²) in [5.74, 6) is 0. The minimum atomic E-state index is -2.31. The van der Waals surface area contributed by atoms with Crippen LogP contribution in [-0.4, -0.2) is 18.0 Å². The first kappa shape index (κ1) is 11.0. The lowest BCUT2D eigenvalue weighted by atomic mass is 10.1. The highest BCUT2D eigenvalue weighted by Gasteiger charge is 2.03. The molecule has 0 aliphatic rings. The summed E-state index contributed by atoms with van der Waals surface area (Å²) in [7, 11) is 0. The number of hydrogen-bond donors (Lipinski definition) is 1. The van der Waals surface area contributed by atoms with E-state index in [1.54, 1.807) is 12.4 Å². The van der Waals surface area contributed by atoms with Gasteiger partial charge >= 0.3 is 0 Å². The van der Waals surface area contributed by atoms with Gasteiger partial charge in [0, 0.05) is 24.3 Å². The summed E-state index contributed by atoms with van der Waals surface area (Å²) >= 11 is 0. The maximum atomic E-state index is 12.0. The molecular formula is C12H12F2N2. The average Bonchev–Trinajstić information content (AvgIpc) is 2.29. The van der Waals surface area contributed by atoms with E-state index in [0.717, 1.165) is 16.3 Å². The first-order valence-corrected chi connectivity index (χ1v) is 5.08. The molecule has 2 nitrogen and oxygen atoms in total. The Morgan fingerprint density at radius 1 is 1.25 bits per heavy atom. The number of halogens is 2. The van der Waals surface area contributed by atoms with E-state index >= 15 is 0 Å². The standard InChI is InChI=1S/C12H12F2N2/c13-12(14)8-16-7-10-3-1-2-9-6-15-5-4-11(9)10/h1-6,12,16H,7-8H2. The van der Waals surface area contributed by atoms with Crippen molar-refractivity contribution in [2.75, 3.05) is 6.54 Å². The SMILES string of the molecule is FC(F)CNCc1cccc2cnccc12. The van der Waals surface area contributed by atoms with Crippen LogP contribution in [0.2, 0.25) is 0 Å². The first-order valence-electron chi connectivity index (χ1n) is 5.08. The zero-order chi connectivity index (χ0) is 11.4. The Hall–Kier alpha value is -1.55. The van der Waals surface area contributed by atoms with Gasteiger partial charge in [-0.25, -0.2) is 8.78 Å². The Morgan fingerprint density at radius 2 is 2.12 bits per heavy atom. The van der Waals surface area contributed by atoms with Gasteiger partial charge in [-0.1, -0.05) is 18.2 Å². The van der Waals surface area contributed by atoms with E-state index < -0.39 is 6.43 Å². The van der Waals surface area contributed by atoms with Crippen molar-refractivity contribution in [2.45, 2.75) is 13.0 Å². The summed E-state index contributed by atoms with van der Waals surface area (Å²) < 4.78 is 24.0. The quantitative estimate of drug-likeness (QED) is 0.860. The number of nitrogens with zero attached hydrogens (tertiary/aromatic N) is 1. The van der Waals surface area contributed by atoms with Crippen LogP contribution in [0.3, 0.4) is 0 Å². The van der Waals surface area contributed by atoms with Gasteiger partial charge in [-0.3, -0.25) is 4.98 Å². The number of alkyl halides is 2. The Morgan fingerprint density at radius 3 is 2.94 bits per heavy atom. The number of benzene rings is 1. The highest BCUT2D eigenvalue weighted by atomic mass is 19.3. The van der Waals surface area contributed by atoms with Gasteiger partial charge < -0.3 is 5.32 Å². The predicted octanol–water partition coefficient (Wildman–Crippen LogP) is 2.59. The molecule has 0 fully saturated rings. The maximum absolute atomic E-state index is 12.0. The van der Waals surface area contributed by atoms with E-state index in [1.807, 2.05) is 24.3 Å². The molecule has 0 amide bonds. The summed E-state index contributed by atoms with van der Waals surface area (Å²) in [6, 6.07) is 7.69. The number of fused-ring (bicyclic) bond motifs is 1. The van der Waals surface area contributed by atoms with Crippen LogP contribution in [0.1, 0.15) is 5.56 Å². The molecule has 2 aromatic rings. The van der Waals surface area contributed by atoms with Crippen molar-refractivity contribution in [3.63, 3.8) is 0 Å². The average molecular weight is 222 g/mol. The van der Waals surface area contributed by atoms with Crippen LogP contribution >= 0.6 is 0 Å². The van der Waals surface area contributed by atoms with Crippen molar-refractivity contribution >= 4 is 10.8 Å². The molecule has 0 bridgehead atoms. The predicted molar refractivity (Wildman–Crippen MR) is 59.5 cm³/mol. The fourth-order valence-electron chi connectivity index (χ4n) is 1.66. The van der Waals surface area contributed by atoms with Gasteiger partial charge in [0.05, 0.1) is 6.54 Å². The minimum Gasteiger partial charge on any atom is -0.307 e. The van der Waals surface area contributed by atoms with Crippen LogP contribution in [-0.2, 0) is 6.54 Å². The molecule has 0 atom stereocenters. The van der Waals surface area contributed by atoms with E-state index in [2.05, 4.69) is 10.3 Å². The third-order valence-electron chi connectivity index (χ3n) is 2.39. The number of aromatic nitrogens is 1. The molecule has 2 rings (SSSR count). The van der Waals surface area contributed by atoms with E-state index in [1.165, 1.54) is 0 Å². The number of pyridine rings is 1. The maximum Gasteiger partial charge on any atom is 0.250 e. The molecule has 0 saturated carbocycles. The van der Waals surface area contributed by atoms with Gasteiger partial charge in [0.2, 0.25) is 0 Å². The highest BCUT2D eigenvalue weighted by molar-refractivity contribution is 5.84. The molecule has 0 aliphatic carbocycles. The van der Waals surface area contributed by atoms with Crippen LogP contribution in [0.15, 0.2) is 36.7 Å². The zero-order valence-electron chi connectivity index (χ0n) is 8.66. The van der Waals surface area contributed by atoms with Crippen LogP contribution in [0.4, 0.5) is 8.78 Å². The summed E-state index contributed by atoms with van der Waals surface area (Å²) in [5.41, 5.74) is 1.01. The molecule has 4 heteroatoms. The van der Waals surface area contributed by atoms with Gasteiger partial charge in [0.1, 0.15) is 0 Å². The summed E-state index contributed by atoms with van der Waals surface area (Å²) in [6.45, 7) is 0.174. The van der Waals surface area contributed by atoms with Crippen LogP contribution < -0.4 is 5.32 Å². The molecule has 16 heavy (non-hydrogen) atoms.